The Kier molecular flexibility index (Phi) is 2.63. The van der Waals surface area contributed by atoms with E-state index in [1.165, 1.54) is 18.4 Å². The van der Waals surface area contributed by atoms with Crippen molar-refractivity contribution in [2.75, 3.05) is 5.75 Å². The van der Waals surface area contributed by atoms with E-state index >= 15 is 0 Å². The van der Waals surface area contributed by atoms with Crippen LogP contribution in [0.3, 0.4) is 0 Å². The van der Waals surface area contributed by atoms with Crippen LogP contribution in [0.25, 0.3) is 11.0 Å². The van der Waals surface area contributed by atoms with Gasteiger partial charge in [0.2, 0.25) is 0 Å². The van der Waals surface area contributed by atoms with Gasteiger partial charge in [0.15, 0.2) is 9.84 Å². The lowest BCUT2D eigenvalue weighted by Gasteiger charge is -1.99. The molecule has 0 aliphatic heterocycles. The van der Waals surface area contributed by atoms with Crippen molar-refractivity contribution in [3.63, 3.8) is 0 Å². The maximum atomic E-state index is 11.5. The lowest BCUT2D eigenvalue weighted by Crippen LogP contribution is -2.05. The predicted molar refractivity (Wildman–Crippen MR) is 61.0 cm³/mol. The molecule has 0 unspecified atom stereocenters. The smallest absolute Gasteiger partial charge is 0.154 e. The highest BCUT2D eigenvalue weighted by Crippen LogP contribution is 2.26. The first kappa shape index (κ1) is 11.0. The van der Waals surface area contributed by atoms with E-state index in [0.29, 0.717) is 16.5 Å². The molecule has 1 aromatic carbocycles. The van der Waals surface area contributed by atoms with Crippen LogP contribution in [0.1, 0.15) is 12.5 Å². The van der Waals surface area contributed by atoms with Gasteiger partial charge in [-0.25, -0.2) is 8.42 Å². The van der Waals surface area contributed by atoms with Gasteiger partial charge in [-0.05, 0) is 18.2 Å². The molecule has 0 fully saturated rings. The predicted octanol–water partition coefficient (Wildman–Crippen LogP) is 2.07. The molecule has 0 spiro atoms. The summed E-state index contributed by atoms with van der Waals surface area (Å²) in [6.07, 6.45) is 1.43. The molecule has 0 amide bonds. The molecule has 5 heteroatoms. The van der Waals surface area contributed by atoms with Crippen LogP contribution >= 0.6 is 0 Å². The molecule has 0 aliphatic carbocycles. The van der Waals surface area contributed by atoms with Gasteiger partial charge in [-0.2, -0.15) is 0 Å². The summed E-state index contributed by atoms with van der Waals surface area (Å²) in [5.41, 5.74) is 1.17. The van der Waals surface area contributed by atoms with Crippen LogP contribution < -0.4 is 0 Å². The lowest BCUT2D eigenvalue weighted by molar-refractivity contribution is 0.476. The lowest BCUT2D eigenvalue weighted by atomic mass is 10.2. The standard InChI is InChI=1S/C11H12O4S/c1-2-16(13,14)7-8-6-15-11-4-3-9(12)5-10(8)11/h3-6,12H,2,7H2,1H3. The number of sulfone groups is 1. The summed E-state index contributed by atoms with van der Waals surface area (Å²) in [4.78, 5) is 0. The third kappa shape index (κ3) is 2.04. The minimum atomic E-state index is -3.09. The average molecular weight is 240 g/mol. The molecule has 2 rings (SSSR count). The molecule has 0 saturated carbocycles. The van der Waals surface area contributed by atoms with Crippen LogP contribution in [-0.4, -0.2) is 19.3 Å². The van der Waals surface area contributed by atoms with Crippen LogP contribution in [0, 0.1) is 0 Å². The number of phenols is 1. The van der Waals surface area contributed by atoms with Gasteiger partial charge in [-0.15, -0.1) is 0 Å². The molecule has 1 N–H and O–H groups in total. The fraction of sp³-hybridized carbons (Fsp3) is 0.273. The molecule has 4 nitrogen and oxygen atoms in total. The zero-order valence-electron chi connectivity index (χ0n) is 8.80. The molecule has 86 valence electrons. The first-order chi connectivity index (χ1) is 7.52. The van der Waals surface area contributed by atoms with Crippen molar-refractivity contribution in [3.8, 4) is 5.75 Å². The van der Waals surface area contributed by atoms with Crippen LogP contribution in [0.4, 0.5) is 0 Å². The van der Waals surface area contributed by atoms with Gasteiger partial charge in [-0.1, -0.05) is 6.92 Å². The highest BCUT2D eigenvalue weighted by atomic mass is 32.2. The molecule has 16 heavy (non-hydrogen) atoms. The third-order valence-electron chi connectivity index (χ3n) is 2.45. The number of benzene rings is 1. The molecule has 1 heterocycles. The van der Waals surface area contributed by atoms with Gasteiger partial charge in [-0.3, -0.25) is 0 Å². The molecule has 0 saturated heterocycles. The van der Waals surface area contributed by atoms with E-state index in [9.17, 15) is 13.5 Å². The second kappa shape index (κ2) is 3.83. The summed E-state index contributed by atoms with van der Waals surface area (Å²) in [7, 11) is -3.09. The Morgan fingerprint density at radius 2 is 2.12 bits per heavy atom. The largest absolute Gasteiger partial charge is 0.508 e. The van der Waals surface area contributed by atoms with Crippen molar-refractivity contribution in [2.24, 2.45) is 0 Å². The molecular weight excluding hydrogens is 228 g/mol. The second-order valence-electron chi connectivity index (χ2n) is 3.62. The number of hydrogen-bond donors (Lipinski definition) is 1. The van der Waals surface area contributed by atoms with Gasteiger partial charge < -0.3 is 9.52 Å². The van der Waals surface area contributed by atoms with E-state index in [4.69, 9.17) is 4.42 Å². The third-order valence-corrected chi connectivity index (χ3v) is 4.08. The van der Waals surface area contributed by atoms with Gasteiger partial charge in [0.05, 0.1) is 12.0 Å². The molecular formula is C11H12O4S. The number of aromatic hydroxyl groups is 1. The summed E-state index contributed by atoms with van der Waals surface area (Å²) >= 11 is 0. The zero-order valence-corrected chi connectivity index (χ0v) is 9.62. The Morgan fingerprint density at radius 1 is 1.38 bits per heavy atom. The SMILES string of the molecule is CCS(=O)(=O)Cc1coc2ccc(O)cc12. The van der Waals surface area contributed by atoms with Gasteiger partial charge >= 0.3 is 0 Å². The molecule has 0 radical (unpaired) electrons. The average Bonchev–Trinajstić information content (AvgIpc) is 2.61. The van der Waals surface area contributed by atoms with E-state index in [2.05, 4.69) is 0 Å². The number of phenolic OH excluding ortho intramolecular Hbond substituents is 1. The Bertz CT molecular complexity index is 610. The Hall–Kier alpha value is -1.49. The zero-order chi connectivity index (χ0) is 11.8. The summed E-state index contributed by atoms with van der Waals surface area (Å²) in [5, 5.41) is 9.99. The molecule has 2 aromatic rings. The van der Waals surface area contributed by atoms with E-state index in [1.54, 1.807) is 13.0 Å². The highest BCUT2D eigenvalue weighted by Gasteiger charge is 2.14. The summed E-state index contributed by atoms with van der Waals surface area (Å²) in [6.45, 7) is 1.61. The van der Waals surface area contributed by atoms with Crippen molar-refractivity contribution in [2.45, 2.75) is 12.7 Å². The van der Waals surface area contributed by atoms with Crippen molar-refractivity contribution in [1.29, 1.82) is 0 Å². The summed E-state index contributed by atoms with van der Waals surface area (Å²) in [6, 6.07) is 4.63. The summed E-state index contributed by atoms with van der Waals surface area (Å²) in [5.74, 6) is 0.141. The van der Waals surface area contributed by atoms with Crippen molar-refractivity contribution >= 4 is 20.8 Å². The van der Waals surface area contributed by atoms with E-state index < -0.39 is 9.84 Å². The normalized spacial score (nSPS) is 12.1. The number of fused-ring (bicyclic) bond motifs is 1. The van der Waals surface area contributed by atoms with Crippen molar-refractivity contribution < 1.29 is 17.9 Å². The Morgan fingerprint density at radius 3 is 2.81 bits per heavy atom. The minimum absolute atomic E-state index is 0.0556. The number of hydrogen-bond acceptors (Lipinski definition) is 4. The fourth-order valence-corrected chi connectivity index (χ4v) is 2.42. The van der Waals surface area contributed by atoms with E-state index in [0.717, 1.165) is 0 Å². The van der Waals surface area contributed by atoms with Crippen LogP contribution in [0.15, 0.2) is 28.9 Å². The fourth-order valence-electron chi connectivity index (χ4n) is 1.52. The van der Waals surface area contributed by atoms with Crippen LogP contribution in [-0.2, 0) is 15.6 Å². The van der Waals surface area contributed by atoms with Crippen molar-refractivity contribution in [1.82, 2.24) is 0 Å². The van der Waals surface area contributed by atoms with Gasteiger partial charge in [0, 0.05) is 16.7 Å². The van der Waals surface area contributed by atoms with Crippen LogP contribution in [0.2, 0.25) is 0 Å². The minimum Gasteiger partial charge on any atom is -0.508 e. The second-order valence-corrected chi connectivity index (χ2v) is 5.97. The number of rotatable bonds is 3. The molecule has 0 bridgehead atoms. The van der Waals surface area contributed by atoms with Crippen molar-refractivity contribution in [3.05, 3.63) is 30.0 Å². The first-order valence-electron chi connectivity index (χ1n) is 4.91. The molecule has 0 atom stereocenters. The van der Waals surface area contributed by atoms with Crippen LogP contribution in [0.5, 0.6) is 5.75 Å². The van der Waals surface area contributed by atoms with E-state index in [-0.39, 0.29) is 17.3 Å². The van der Waals surface area contributed by atoms with Gasteiger partial charge in [0.25, 0.3) is 0 Å². The van der Waals surface area contributed by atoms with Gasteiger partial charge in [0.1, 0.15) is 11.3 Å². The maximum Gasteiger partial charge on any atom is 0.154 e. The van der Waals surface area contributed by atoms with E-state index in [1.807, 2.05) is 0 Å². The molecule has 1 aromatic heterocycles. The topological polar surface area (TPSA) is 67.5 Å². The Balaban J connectivity index is 2.50. The monoisotopic (exact) mass is 240 g/mol. The first-order valence-corrected chi connectivity index (χ1v) is 6.73. The maximum absolute atomic E-state index is 11.5. The number of furan rings is 1. The Labute approximate surface area is 93.4 Å². The highest BCUT2D eigenvalue weighted by molar-refractivity contribution is 7.90. The summed E-state index contributed by atoms with van der Waals surface area (Å²) < 4.78 is 28.2. The molecule has 0 aliphatic rings. The quantitative estimate of drug-likeness (QED) is 0.891.